The molecule has 7 heteroatoms. The van der Waals surface area contributed by atoms with E-state index in [0.29, 0.717) is 0 Å². The minimum Gasteiger partial charge on any atom is -0.481 e. The number of hydrogen-bond acceptors (Lipinski definition) is 1. The molecule has 2 atom stereocenters. The van der Waals surface area contributed by atoms with Gasteiger partial charge in [-0.3, -0.25) is 4.79 Å². The van der Waals surface area contributed by atoms with Gasteiger partial charge in [-0.25, -0.2) is 0 Å². The van der Waals surface area contributed by atoms with Crippen molar-refractivity contribution >= 4 is 5.97 Å². The van der Waals surface area contributed by atoms with Crippen molar-refractivity contribution in [2.45, 2.75) is 24.9 Å². The average Bonchev–Trinajstić information content (AvgIpc) is 2.63. The molecule has 0 aliphatic heterocycles. The predicted octanol–water partition coefficient (Wildman–Crippen LogP) is 2.29. The maximum atomic E-state index is 12.3. The van der Waals surface area contributed by atoms with Crippen molar-refractivity contribution in [3.63, 3.8) is 0 Å². The summed E-state index contributed by atoms with van der Waals surface area (Å²) in [6, 6.07) is 0. The Hall–Kier alpha value is -0.880. The van der Waals surface area contributed by atoms with Gasteiger partial charge in [0.15, 0.2) is 0 Å². The fourth-order valence-corrected chi connectivity index (χ4v) is 1.22. The highest BCUT2D eigenvalue weighted by Gasteiger charge is 2.61. The van der Waals surface area contributed by atoms with Crippen molar-refractivity contribution in [2.75, 3.05) is 0 Å². The highest BCUT2D eigenvalue weighted by Crippen LogP contribution is 2.50. The van der Waals surface area contributed by atoms with Gasteiger partial charge in [0, 0.05) is 6.42 Å². The van der Waals surface area contributed by atoms with Gasteiger partial charge in [0.1, 0.15) is 0 Å². The smallest absolute Gasteiger partial charge is 0.453 e. The molecule has 0 aromatic heterocycles. The van der Waals surface area contributed by atoms with Gasteiger partial charge in [0.25, 0.3) is 0 Å². The van der Waals surface area contributed by atoms with Crippen LogP contribution in [-0.4, -0.2) is 23.2 Å². The molecule has 1 aliphatic carbocycles. The zero-order chi connectivity index (χ0) is 11.1. The molecule has 1 rings (SSSR count). The topological polar surface area (TPSA) is 37.3 Å². The van der Waals surface area contributed by atoms with Crippen LogP contribution >= 0.6 is 0 Å². The van der Waals surface area contributed by atoms with E-state index in [1.54, 1.807) is 0 Å². The number of carboxylic acids is 1. The third kappa shape index (κ3) is 2.13. The van der Waals surface area contributed by atoms with Crippen LogP contribution in [-0.2, 0) is 4.79 Å². The van der Waals surface area contributed by atoms with Crippen molar-refractivity contribution in [1.29, 1.82) is 0 Å². The van der Waals surface area contributed by atoms with Gasteiger partial charge in [-0.15, -0.1) is 0 Å². The Morgan fingerprint density at radius 1 is 1.29 bits per heavy atom. The molecular formula is C7H7F5O2. The minimum absolute atomic E-state index is 0.0962. The lowest BCUT2D eigenvalue weighted by Crippen LogP contribution is -2.37. The molecule has 2 nitrogen and oxygen atoms in total. The molecule has 0 amide bonds. The van der Waals surface area contributed by atoms with Gasteiger partial charge in [-0.2, -0.15) is 22.0 Å². The summed E-state index contributed by atoms with van der Waals surface area (Å²) in [7, 11) is 0. The summed E-state index contributed by atoms with van der Waals surface area (Å²) in [6.07, 6.45) is -7.10. The van der Waals surface area contributed by atoms with Crippen LogP contribution in [0.3, 0.4) is 0 Å². The van der Waals surface area contributed by atoms with E-state index in [-0.39, 0.29) is 6.42 Å². The van der Waals surface area contributed by atoms with E-state index in [0.717, 1.165) is 0 Å². The van der Waals surface area contributed by atoms with E-state index in [1.807, 2.05) is 0 Å². The van der Waals surface area contributed by atoms with Crippen LogP contribution in [0.15, 0.2) is 0 Å². The molecule has 14 heavy (non-hydrogen) atoms. The second-order valence-corrected chi connectivity index (χ2v) is 3.35. The molecule has 0 aromatic carbocycles. The van der Waals surface area contributed by atoms with Crippen molar-refractivity contribution in [2.24, 2.45) is 11.8 Å². The van der Waals surface area contributed by atoms with Crippen molar-refractivity contribution in [3.05, 3.63) is 0 Å². The van der Waals surface area contributed by atoms with Crippen molar-refractivity contribution in [1.82, 2.24) is 0 Å². The highest BCUT2D eigenvalue weighted by molar-refractivity contribution is 5.73. The average molecular weight is 218 g/mol. The van der Waals surface area contributed by atoms with Gasteiger partial charge in [0.2, 0.25) is 0 Å². The van der Waals surface area contributed by atoms with Gasteiger partial charge in [-0.1, -0.05) is 0 Å². The number of halogens is 5. The number of carbonyl (C=O) groups is 1. The largest absolute Gasteiger partial charge is 0.481 e. The molecular weight excluding hydrogens is 211 g/mol. The Morgan fingerprint density at radius 2 is 1.79 bits per heavy atom. The lowest BCUT2D eigenvalue weighted by molar-refractivity contribution is -0.286. The van der Waals surface area contributed by atoms with Crippen LogP contribution in [0.25, 0.3) is 0 Å². The lowest BCUT2D eigenvalue weighted by atomic mass is 10.1. The quantitative estimate of drug-likeness (QED) is 0.738. The fraction of sp³-hybridized carbons (Fsp3) is 0.857. The number of aliphatic carboxylic acids is 1. The summed E-state index contributed by atoms with van der Waals surface area (Å²) in [6.45, 7) is 0. The van der Waals surface area contributed by atoms with Crippen LogP contribution in [0.5, 0.6) is 0 Å². The third-order valence-electron chi connectivity index (χ3n) is 2.17. The van der Waals surface area contributed by atoms with E-state index < -0.39 is 36.3 Å². The van der Waals surface area contributed by atoms with Crippen molar-refractivity contribution < 1.29 is 31.9 Å². The second-order valence-electron chi connectivity index (χ2n) is 3.35. The monoisotopic (exact) mass is 218 g/mol. The molecule has 1 fully saturated rings. The highest BCUT2D eigenvalue weighted by atomic mass is 19.4. The second kappa shape index (κ2) is 3.06. The van der Waals surface area contributed by atoms with E-state index in [9.17, 15) is 26.7 Å². The van der Waals surface area contributed by atoms with Gasteiger partial charge in [0.05, 0.1) is 5.92 Å². The first-order chi connectivity index (χ1) is 6.15. The van der Waals surface area contributed by atoms with Gasteiger partial charge >= 0.3 is 18.1 Å². The summed E-state index contributed by atoms with van der Waals surface area (Å²) in [4.78, 5) is 10.2. The molecule has 0 spiro atoms. The molecule has 0 heterocycles. The summed E-state index contributed by atoms with van der Waals surface area (Å²) in [5, 5.41) is 8.30. The first-order valence-corrected chi connectivity index (χ1v) is 3.82. The van der Waals surface area contributed by atoms with Gasteiger partial charge < -0.3 is 5.11 Å². The summed E-state index contributed by atoms with van der Waals surface area (Å²) < 4.78 is 59.6. The molecule has 0 radical (unpaired) electrons. The van der Waals surface area contributed by atoms with E-state index in [1.165, 1.54) is 0 Å². The third-order valence-corrected chi connectivity index (χ3v) is 2.17. The Balaban J connectivity index is 2.51. The molecule has 0 aromatic rings. The summed E-state index contributed by atoms with van der Waals surface area (Å²) in [5.74, 6) is -8.18. The zero-order valence-corrected chi connectivity index (χ0v) is 6.81. The molecule has 1 saturated carbocycles. The molecule has 0 saturated heterocycles. The minimum atomic E-state index is -5.58. The van der Waals surface area contributed by atoms with Gasteiger partial charge in [-0.05, 0) is 12.3 Å². The number of alkyl halides is 5. The maximum Gasteiger partial charge on any atom is 0.453 e. The lowest BCUT2D eigenvalue weighted by Gasteiger charge is -2.18. The molecule has 2 unspecified atom stereocenters. The van der Waals surface area contributed by atoms with Crippen LogP contribution in [0.4, 0.5) is 22.0 Å². The predicted molar refractivity (Wildman–Crippen MR) is 34.9 cm³/mol. The first kappa shape index (κ1) is 11.2. The van der Waals surface area contributed by atoms with Crippen LogP contribution in [0.2, 0.25) is 0 Å². The standard InChI is InChI=1S/C7H7F5O2/c8-6(9,7(10,11)12)2-3-1-4(3)5(13)14/h3-4H,1-2H2,(H,13,14). The van der Waals surface area contributed by atoms with E-state index in [2.05, 4.69) is 0 Å². The Kier molecular flexibility index (Phi) is 2.45. The molecule has 1 N–H and O–H groups in total. The number of rotatable bonds is 3. The SMILES string of the molecule is O=C(O)C1CC1CC(F)(F)C(F)(F)F. The number of hydrogen-bond donors (Lipinski definition) is 1. The fourth-order valence-electron chi connectivity index (χ4n) is 1.22. The maximum absolute atomic E-state index is 12.3. The van der Waals surface area contributed by atoms with Crippen LogP contribution < -0.4 is 0 Å². The van der Waals surface area contributed by atoms with Crippen LogP contribution in [0, 0.1) is 11.8 Å². The Morgan fingerprint density at radius 3 is 2.07 bits per heavy atom. The molecule has 0 bridgehead atoms. The Bertz CT molecular complexity index is 247. The number of carboxylic acid groups (broad SMARTS) is 1. The molecule has 1 aliphatic rings. The molecule has 82 valence electrons. The summed E-state index contributed by atoms with van der Waals surface area (Å²) in [5.41, 5.74) is 0. The van der Waals surface area contributed by atoms with E-state index in [4.69, 9.17) is 5.11 Å². The van der Waals surface area contributed by atoms with Crippen LogP contribution in [0.1, 0.15) is 12.8 Å². The Labute approximate surface area is 75.7 Å². The summed E-state index contributed by atoms with van der Waals surface area (Å²) >= 11 is 0. The normalized spacial score (nSPS) is 27.5. The van der Waals surface area contributed by atoms with Crippen molar-refractivity contribution in [3.8, 4) is 0 Å². The van der Waals surface area contributed by atoms with E-state index >= 15 is 0 Å². The zero-order valence-electron chi connectivity index (χ0n) is 6.81. The first-order valence-electron chi connectivity index (χ1n) is 3.82.